The molecule has 1 aliphatic heterocycles. The molecule has 8 heteroatoms. The summed E-state index contributed by atoms with van der Waals surface area (Å²) in [5.41, 5.74) is 0.812. The number of aryl methyl sites for hydroxylation is 1. The van der Waals surface area contributed by atoms with Gasteiger partial charge >= 0.3 is 5.97 Å². The predicted molar refractivity (Wildman–Crippen MR) is 88.4 cm³/mol. The molecule has 0 spiro atoms. The van der Waals surface area contributed by atoms with Crippen LogP contribution in [0.4, 0.5) is 0 Å². The molecule has 1 aliphatic rings. The second kappa shape index (κ2) is 7.31. The van der Waals surface area contributed by atoms with Gasteiger partial charge in [0.15, 0.2) is 0 Å². The Morgan fingerprint density at radius 2 is 1.83 bits per heavy atom. The first kappa shape index (κ1) is 18.4. The molecule has 0 unspecified atom stereocenters. The summed E-state index contributed by atoms with van der Waals surface area (Å²) >= 11 is 0. The van der Waals surface area contributed by atoms with Crippen LogP contribution in [0, 0.1) is 6.92 Å². The Hall–Kier alpha value is -1.93. The molecule has 1 aromatic carbocycles. The standard InChI is InChI=1S/C16H22N2O5S/c1-12-6-7-13(24(22,23)18-8-4-3-5-9-18)10-14(12)16(21)17(2)11-15(19)20/h6-7,10H,3-5,8-9,11H2,1-2H3,(H,19,20). The number of nitrogens with zero attached hydrogens (tertiary/aromatic N) is 2. The molecule has 0 aliphatic carbocycles. The molecule has 1 N–H and O–H groups in total. The number of sulfonamides is 1. The Balaban J connectivity index is 2.34. The summed E-state index contributed by atoms with van der Waals surface area (Å²) in [6.45, 7) is 2.22. The van der Waals surface area contributed by atoms with Gasteiger partial charge in [-0.2, -0.15) is 4.31 Å². The fourth-order valence-corrected chi connectivity index (χ4v) is 4.27. The van der Waals surface area contributed by atoms with Crippen LogP contribution in [-0.4, -0.2) is 61.3 Å². The van der Waals surface area contributed by atoms with E-state index in [1.165, 1.54) is 23.5 Å². The highest BCUT2D eigenvalue weighted by molar-refractivity contribution is 7.89. The van der Waals surface area contributed by atoms with Crippen molar-refractivity contribution < 1.29 is 23.1 Å². The lowest BCUT2D eigenvalue weighted by Gasteiger charge is -2.26. The highest BCUT2D eigenvalue weighted by Crippen LogP contribution is 2.23. The summed E-state index contributed by atoms with van der Waals surface area (Å²) in [5, 5.41) is 8.81. The van der Waals surface area contributed by atoms with Crippen molar-refractivity contribution in [2.75, 3.05) is 26.7 Å². The summed E-state index contributed by atoms with van der Waals surface area (Å²) in [6, 6.07) is 4.42. The zero-order valence-corrected chi connectivity index (χ0v) is 14.7. The molecular formula is C16H22N2O5S. The Morgan fingerprint density at radius 3 is 2.42 bits per heavy atom. The van der Waals surface area contributed by atoms with Crippen LogP contribution in [-0.2, 0) is 14.8 Å². The largest absolute Gasteiger partial charge is 0.480 e. The molecule has 1 heterocycles. The first-order chi connectivity index (χ1) is 11.2. The first-order valence-electron chi connectivity index (χ1n) is 7.81. The number of carbonyl (C=O) groups excluding carboxylic acids is 1. The van der Waals surface area contributed by atoms with Crippen LogP contribution in [0.5, 0.6) is 0 Å². The van der Waals surface area contributed by atoms with Gasteiger partial charge in [-0.25, -0.2) is 8.42 Å². The average molecular weight is 354 g/mol. The van der Waals surface area contributed by atoms with E-state index in [9.17, 15) is 18.0 Å². The van der Waals surface area contributed by atoms with E-state index in [2.05, 4.69) is 0 Å². The quantitative estimate of drug-likeness (QED) is 0.861. The molecule has 0 aromatic heterocycles. The SMILES string of the molecule is Cc1ccc(S(=O)(=O)N2CCCCC2)cc1C(=O)N(C)CC(=O)O. The number of piperidine rings is 1. The number of hydrogen-bond donors (Lipinski definition) is 1. The molecular weight excluding hydrogens is 332 g/mol. The lowest BCUT2D eigenvalue weighted by molar-refractivity contribution is -0.137. The number of hydrogen-bond acceptors (Lipinski definition) is 4. The van der Waals surface area contributed by atoms with Crippen LogP contribution >= 0.6 is 0 Å². The second-order valence-electron chi connectivity index (χ2n) is 6.00. The molecule has 132 valence electrons. The summed E-state index contributed by atoms with van der Waals surface area (Å²) in [5.74, 6) is -1.63. The minimum Gasteiger partial charge on any atom is -0.480 e. The normalized spacial score (nSPS) is 15.9. The van der Waals surface area contributed by atoms with Gasteiger partial charge in [0, 0.05) is 25.7 Å². The third-order valence-electron chi connectivity index (χ3n) is 4.11. The zero-order chi connectivity index (χ0) is 17.9. The third kappa shape index (κ3) is 3.93. The number of likely N-dealkylation sites (N-methyl/N-ethyl adjacent to an activating group) is 1. The summed E-state index contributed by atoms with van der Waals surface area (Å²) < 4.78 is 26.9. The molecule has 1 fully saturated rings. The fraction of sp³-hybridized carbons (Fsp3) is 0.500. The number of amides is 1. The maximum Gasteiger partial charge on any atom is 0.323 e. The van der Waals surface area contributed by atoms with Crippen LogP contribution in [0.15, 0.2) is 23.1 Å². The Kier molecular flexibility index (Phi) is 5.61. The summed E-state index contributed by atoms with van der Waals surface area (Å²) in [4.78, 5) is 24.3. The van der Waals surface area contributed by atoms with Crippen LogP contribution in [0.2, 0.25) is 0 Å². The van der Waals surface area contributed by atoms with Crippen LogP contribution in [0.1, 0.15) is 35.2 Å². The summed E-state index contributed by atoms with van der Waals surface area (Å²) in [6.07, 6.45) is 2.68. The molecule has 2 rings (SSSR count). The highest BCUT2D eigenvalue weighted by Gasteiger charge is 2.27. The van der Waals surface area contributed by atoms with Gasteiger partial charge in [-0.15, -0.1) is 0 Å². The number of aliphatic carboxylic acids is 1. The van der Waals surface area contributed by atoms with E-state index < -0.39 is 28.4 Å². The zero-order valence-electron chi connectivity index (χ0n) is 13.9. The molecule has 1 saturated heterocycles. The van der Waals surface area contributed by atoms with E-state index >= 15 is 0 Å². The number of benzene rings is 1. The van der Waals surface area contributed by atoms with E-state index in [1.54, 1.807) is 13.0 Å². The molecule has 0 saturated carbocycles. The first-order valence-corrected chi connectivity index (χ1v) is 9.25. The van der Waals surface area contributed by atoms with Crippen molar-refractivity contribution in [3.05, 3.63) is 29.3 Å². The minimum atomic E-state index is -3.64. The van der Waals surface area contributed by atoms with Gasteiger partial charge in [0.05, 0.1) is 4.90 Å². The van der Waals surface area contributed by atoms with E-state index in [0.29, 0.717) is 18.7 Å². The number of carbonyl (C=O) groups is 2. The summed E-state index contributed by atoms with van der Waals surface area (Å²) in [7, 11) is -2.26. The molecule has 0 atom stereocenters. The molecule has 0 radical (unpaired) electrons. The maximum absolute atomic E-state index is 12.7. The minimum absolute atomic E-state index is 0.0714. The predicted octanol–water partition coefficient (Wildman–Crippen LogP) is 1.33. The van der Waals surface area contributed by atoms with Gasteiger partial charge < -0.3 is 10.0 Å². The van der Waals surface area contributed by atoms with Gasteiger partial charge in [-0.1, -0.05) is 12.5 Å². The Labute approximate surface area is 141 Å². The van der Waals surface area contributed by atoms with Crippen LogP contribution in [0.3, 0.4) is 0 Å². The Bertz CT molecular complexity index is 739. The van der Waals surface area contributed by atoms with E-state index in [4.69, 9.17) is 5.11 Å². The van der Waals surface area contributed by atoms with Crippen molar-refractivity contribution >= 4 is 21.9 Å². The number of carboxylic acids is 1. The monoisotopic (exact) mass is 354 g/mol. The average Bonchev–Trinajstić information content (AvgIpc) is 2.54. The van der Waals surface area contributed by atoms with Gasteiger partial charge in [-0.3, -0.25) is 9.59 Å². The van der Waals surface area contributed by atoms with E-state index in [0.717, 1.165) is 24.2 Å². The Morgan fingerprint density at radius 1 is 1.21 bits per heavy atom. The molecule has 7 nitrogen and oxygen atoms in total. The highest BCUT2D eigenvalue weighted by atomic mass is 32.2. The number of carboxylic acid groups (broad SMARTS) is 1. The van der Waals surface area contributed by atoms with Crippen molar-refractivity contribution in [3.8, 4) is 0 Å². The smallest absolute Gasteiger partial charge is 0.323 e. The van der Waals surface area contributed by atoms with Gasteiger partial charge in [0.1, 0.15) is 6.54 Å². The topological polar surface area (TPSA) is 95.0 Å². The van der Waals surface area contributed by atoms with Crippen LogP contribution in [0.25, 0.3) is 0 Å². The molecule has 1 amide bonds. The van der Waals surface area contributed by atoms with Gasteiger partial charge in [-0.05, 0) is 37.5 Å². The molecule has 24 heavy (non-hydrogen) atoms. The molecule has 1 aromatic rings. The lowest BCUT2D eigenvalue weighted by Crippen LogP contribution is -2.36. The lowest BCUT2D eigenvalue weighted by atomic mass is 10.1. The second-order valence-corrected chi connectivity index (χ2v) is 7.93. The van der Waals surface area contributed by atoms with Gasteiger partial charge in [0.2, 0.25) is 10.0 Å². The van der Waals surface area contributed by atoms with Crippen molar-refractivity contribution in [3.63, 3.8) is 0 Å². The third-order valence-corrected chi connectivity index (χ3v) is 6.01. The molecule has 0 bridgehead atoms. The van der Waals surface area contributed by atoms with E-state index in [1.807, 2.05) is 0 Å². The van der Waals surface area contributed by atoms with E-state index in [-0.39, 0.29) is 10.5 Å². The maximum atomic E-state index is 12.7. The number of rotatable bonds is 5. The van der Waals surface area contributed by atoms with Crippen molar-refractivity contribution in [1.82, 2.24) is 9.21 Å². The van der Waals surface area contributed by atoms with Crippen LogP contribution < -0.4 is 0 Å². The fourth-order valence-electron chi connectivity index (χ4n) is 2.73. The van der Waals surface area contributed by atoms with Gasteiger partial charge in [0.25, 0.3) is 5.91 Å². The van der Waals surface area contributed by atoms with Crippen molar-refractivity contribution in [1.29, 1.82) is 0 Å². The van der Waals surface area contributed by atoms with Crippen molar-refractivity contribution in [2.45, 2.75) is 31.1 Å². The van der Waals surface area contributed by atoms with Crippen molar-refractivity contribution in [2.24, 2.45) is 0 Å².